The molecule has 0 fully saturated rings. The number of phenolic OH excluding ortho intramolecular Hbond substituents is 2. The Hall–Kier alpha value is -1.91. The van der Waals surface area contributed by atoms with Crippen molar-refractivity contribution in [1.82, 2.24) is 5.43 Å². The highest BCUT2D eigenvalue weighted by Gasteiger charge is 2.03. The van der Waals surface area contributed by atoms with Crippen LogP contribution in [0.15, 0.2) is 41.5 Å². The van der Waals surface area contributed by atoms with E-state index >= 15 is 0 Å². The van der Waals surface area contributed by atoms with Crippen molar-refractivity contribution in [3.05, 3.63) is 57.6 Å². The second-order valence-electron chi connectivity index (χ2n) is 4.04. The smallest absolute Gasteiger partial charge is 0.158 e. The third-order valence-corrected chi connectivity index (χ3v) is 3.33. The second kappa shape index (κ2) is 6.50. The third-order valence-electron chi connectivity index (χ3n) is 2.62. The Labute approximate surface area is 126 Å². The van der Waals surface area contributed by atoms with Crippen LogP contribution in [0, 0.1) is 0 Å². The Morgan fingerprint density at radius 1 is 1.05 bits per heavy atom. The Balaban J connectivity index is 1.99. The minimum absolute atomic E-state index is 0.169. The van der Waals surface area contributed by atoms with Crippen molar-refractivity contribution < 1.29 is 10.2 Å². The summed E-state index contributed by atoms with van der Waals surface area (Å²) in [5.74, 6) is -0.360. The van der Waals surface area contributed by atoms with Gasteiger partial charge in [-0.3, -0.25) is 0 Å². The van der Waals surface area contributed by atoms with Crippen LogP contribution in [-0.4, -0.2) is 16.4 Å². The molecule has 2 aromatic carbocycles. The summed E-state index contributed by atoms with van der Waals surface area (Å²) >= 11 is 12.1. The summed E-state index contributed by atoms with van der Waals surface area (Å²) in [6.45, 7) is 0.388. The lowest BCUT2D eigenvalue weighted by molar-refractivity contribution is 0.403. The van der Waals surface area contributed by atoms with E-state index in [9.17, 15) is 10.2 Å². The van der Waals surface area contributed by atoms with E-state index in [1.54, 1.807) is 24.3 Å². The number of nitrogens with one attached hydrogen (secondary N) is 1. The maximum Gasteiger partial charge on any atom is 0.158 e. The average Bonchev–Trinajstić information content (AvgIpc) is 2.41. The number of hydrogen-bond donors (Lipinski definition) is 3. The highest BCUT2D eigenvalue weighted by molar-refractivity contribution is 6.35. The molecule has 3 N–H and O–H groups in total. The van der Waals surface area contributed by atoms with E-state index in [0.29, 0.717) is 22.2 Å². The number of halogens is 2. The van der Waals surface area contributed by atoms with Gasteiger partial charge in [-0.25, -0.2) is 0 Å². The average molecular weight is 311 g/mol. The maximum absolute atomic E-state index is 9.34. The van der Waals surface area contributed by atoms with Crippen molar-refractivity contribution in [2.24, 2.45) is 5.10 Å². The summed E-state index contributed by atoms with van der Waals surface area (Å²) in [7, 11) is 0. The number of nitrogens with zero attached hydrogens (tertiary/aromatic N) is 1. The molecule has 2 rings (SSSR count). The van der Waals surface area contributed by atoms with E-state index in [1.807, 2.05) is 0 Å². The molecular weight excluding hydrogens is 299 g/mol. The molecule has 0 aliphatic carbocycles. The summed E-state index contributed by atoms with van der Waals surface area (Å²) in [4.78, 5) is 0. The molecule has 0 aromatic heterocycles. The van der Waals surface area contributed by atoms with Gasteiger partial charge in [0.15, 0.2) is 11.5 Å². The molecule has 0 aliphatic rings. The highest BCUT2D eigenvalue weighted by Crippen LogP contribution is 2.24. The van der Waals surface area contributed by atoms with Crippen LogP contribution in [0.2, 0.25) is 10.0 Å². The first-order valence-corrected chi connectivity index (χ1v) is 6.54. The fourth-order valence-electron chi connectivity index (χ4n) is 1.57. The second-order valence-corrected chi connectivity index (χ2v) is 4.86. The normalized spacial score (nSPS) is 10.9. The van der Waals surface area contributed by atoms with Gasteiger partial charge in [0, 0.05) is 15.6 Å². The molecule has 0 heterocycles. The molecule has 2 aromatic rings. The topological polar surface area (TPSA) is 64.9 Å². The first kappa shape index (κ1) is 14.5. The van der Waals surface area contributed by atoms with E-state index in [1.165, 1.54) is 18.3 Å². The van der Waals surface area contributed by atoms with Crippen molar-refractivity contribution >= 4 is 29.4 Å². The van der Waals surface area contributed by atoms with Crippen LogP contribution in [0.25, 0.3) is 0 Å². The molecule has 4 nitrogen and oxygen atoms in total. The van der Waals surface area contributed by atoms with Crippen LogP contribution in [0.3, 0.4) is 0 Å². The lowest BCUT2D eigenvalue weighted by Gasteiger charge is -2.06. The van der Waals surface area contributed by atoms with Crippen LogP contribution in [0.4, 0.5) is 0 Å². The van der Waals surface area contributed by atoms with Crippen molar-refractivity contribution in [2.75, 3.05) is 0 Å². The van der Waals surface area contributed by atoms with Crippen LogP contribution >= 0.6 is 23.2 Å². The van der Waals surface area contributed by atoms with Crippen LogP contribution in [-0.2, 0) is 6.54 Å². The van der Waals surface area contributed by atoms with E-state index < -0.39 is 0 Å². The Morgan fingerprint density at radius 2 is 1.75 bits per heavy atom. The van der Waals surface area contributed by atoms with Gasteiger partial charge in [-0.2, -0.15) is 5.10 Å². The predicted octanol–water partition coefficient (Wildman–Crippen LogP) is 3.53. The van der Waals surface area contributed by atoms with Crippen molar-refractivity contribution in [3.63, 3.8) is 0 Å². The van der Waals surface area contributed by atoms with Gasteiger partial charge in [0.1, 0.15) is 0 Å². The summed E-state index contributed by atoms with van der Waals surface area (Å²) in [5, 5.41) is 23.7. The molecule has 0 spiro atoms. The van der Waals surface area contributed by atoms with Crippen LogP contribution in [0.1, 0.15) is 11.1 Å². The molecule has 0 bridgehead atoms. The standard InChI is InChI=1S/C14H12Cl2N2O2/c15-11-2-1-3-12(16)10(11)8-18-17-7-9-4-5-13(19)14(20)6-9/h1-7,18-20H,8H2/b17-7+. The molecule has 6 heteroatoms. The quantitative estimate of drug-likeness (QED) is 0.460. The molecule has 0 aliphatic heterocycles. The molecular formula is C14H12Cl2N2O2. The fraction of sp³-hybridized carbons (Fsp3) is 0.0714. The van der Waals surface area contributed by atoms with Gasteiger partial charge < -0.3 is 15.6 Å². The molecule has 0 atom stereocenters. The maximum atomic E-state index is 9.34. The van der Waals surface area contributed by atoms with E-state index in [4.69, 9.17) is 23.2 Å². The van der Waals surface area contributed by atoms with E-state index in [2.05, 4.69) is 10.5 Å². The van der Waals surface area contributed by atoms with E-state index in [0.717, 1.165) is 5.56 Å². The SMILES string of the molecule is Oc1ccc(/C=N/NCc2c(Cl)cccc2Cl)cc1O. The zero-order valence-electron chi connectivity index (χ0n) is 10.3. The van der Waals surface area contributed by atoms with Gasteiger partial charge in [0.25, 0.3) is 0 Å². The summed E-state index contributed by atoms with van der Waals surface area (Å²) < 4.78 is 0. The summed E-state index contributed by atoms with van der Waals surface area (Å²) in [6, 6.07) is 9.71. The summed E-state index contributed by atoms with van der Waals surface area (Å²) in [5.41, 5.74) is 4.24. The molecule has 0 saturated heterocycles. The zero-order chi connectivity index (χ0) is 14.5. The molecule has 0 saturated carbocycles. The lowest BCUT2D eigenvalue weighted by Crippen LogP contribution is -2.06. The molecule has 0 unspecified atom stereocenters. The van der Waals surface area contributed by atoms with Crippen molar-refractivity contribution in [1.29, 1.82) is 0 Å². The Kier molecular flexibility index (Phi) is 4.71. The monoisotopic (exact) mass is 310 g/mol. The van der Waals surface area contributed by atoms with Gasteiger partial charge in [-0.05, 0) is 35.9 Å². The van der Waals surface area contributed by atoms with Crippen molar-refractivity contribution in [3.8, 4) is 11.5 Å². The fourth-order valence-corrected chi connectivity index (χ4v) is 2.10. The predicted molar refractivity (Wildman–Crippen MR) is 80.7 cm³/mol. The van der Waals surface area contributed by atoms with Gasteiger partial charge >= 0.3 is 0 Å². The van der Waals surface area contributed by atoms with Gasteiger partial charge in [-0.1, -0.05) is 29.3 Å². The van der Waals surface area contributed by atoms with Crippen LogP contribution < -0.4 is 5.43 Å². The number of aromatic hydroxyl groups is 2. The minimum atomic E-state index is -0.192. The number of phenols is 2. The number of hydrogen-bond acceptors (Lipinski definition) is 4. The number of benzene rings is 2. The van der Waals surface area contributed by atoms with Gasteiger partial charge in [0.05, 0.1) is 12.8 Å². The van der Waals surface area contributed by atoms with Gasteiger partial charge in [-0.15, -0.1) is 0 Å². The molecule has 104 valence electrons. The zero-order valence-corrected chi connectivity index (χ0v) is 11.9. The number of rotatable bonds is 4. The highest BCUT2D eigenvalue weighted by atomic mass is 35.5. The minimum Gasteiger partial charge on any atom is -0.504 e. The summed E-state index contributed by atoms with van der Waals surface area (Å²) in [6.07, 6.45) is 1.52. The lowest BCUT2D eigenvalue weighted by atomic mass is 10.2. The Morgan fingerprint density at radius 3 is 2.40 bits per heavy atom. The first-order chi connectivity index (χ1) is 9.58. The third kappa shape index (κ3) is 3.56. The van der Waals surface area contributed by atoms with Crippen LogP contribution in [0.5, 0.6) is 11.5 Å². The van der Waals surface area contributed by atoms with E-state index in [-0.39, 0.29) is 11.5 Å². The molecule has 20 heavy (non-hydrogen) atoms. The van der Waals surface area contributed by atoms with Crippen molar-refractivity contribution in [2.45, 2.75) is 6.54 Å². The molecule has 0 amide bonds. The number of hydrazone groups is 1. The molecule has 0 radical (unpaired) electrons. The first-order valence-electron chi connectivity index (χ1n) is 5.78. The largest absolute Gasteiger partial charge is 0.504 e. The van der Waals surface area contributed by atoms with Gasteiger partial charge in [0.2, 0.25) is 0 Å². The Bertz CT molecular complexity index is 625.